The quantitative estimate of drug-likeness (QED) is 0.829. The van der Waals surface area contributed by atoms with Gasteiger partial charge in [0.15, 0.2) is 9.84 Å². The van der Waals surface area contributed by atoms with Crippen molar-refractivity contribution in [2.24, 2.45) is 0 Å². The predicted octanol–water partition coefficient (Wildman–Crippen LogP) is 4.09. The van der Waals surface area contributed by atoms with Crippen LogP contribution in [0.4, 0.5) is 0 Å². The molecule has 0 radical (unpaired) electrons. The van der Waals surface area contributed by atoms with Crippen molar-refractivity contribution in [3.63, 3.8) is 0 Å². The van der Waals surface area contributed by atoms with E-state index < -0.39 is 9.84 Å². The number of hydrogen-bond acceptors (Lipinski definition) is 4. The lowest BCUT2D eigenvalue weighted by molar-refractivity contribution is 0.411. The van der Waals surface area contributed by atoms with Gasteiger partial charge in [-0.25, -0.2) is 8.42 Å². The van der Waals surface area contributed by atoms with Crippen molar-refractivity contribution in [1.82, 2.24) is 5.32 Å². The van der Waals surface area contributed by atoms with E-state index in [4.69, 9.17) is 4.74 Å². The zero-order valence-electron chi connectivity index (χ0n) is 15.6. The van der Waals surface area contributed by atoms with E-state index in [1.807, 2.05) is 24.3 Å². The molecule has 0 aromatic heterocycles. The first-order valence-electron chi connectivity index (χ1n) is 9.07. The molecule has 0 spiro atoms. The van der Waals surface area contributed by atoms with Gasteiger partial charge in [-0.2, -0.15) is 0 Å². The van der Waals surface area contributed by atoms with Crippen LogP contribution >= 0.6 is 0 Å². The van der Waals surface area contributed by atoms with Gasteiger partial charge in [-0.15, -0.1) is 0 Å². The maximum absolute atomic E-state index is 11.6. The molecule has 26 heavy (non-hydrogen) atoms. The third-order valence-electron chi connectivity index (χ3n) is 5.29. The van der Waals surface area contributed by atoms with Crippen LogP contribution in [0, 0.1) is 0 Å². The molecule has 140 valence electrons. The molecule has 2 aromatic rings. The second-order valence-corrected chi connectivity index (χ2v) is 9.23. The van der Waals surface area contributed by atoms with E-state index in [-0.39, 0.29) is 6.04 Å². The molecule has 1 N–H and O–H groups in total. The molecule has 1 fully saturated rings. The van der Waals surface area contributed by atoms with Gasteiger partial charge in [0.05, 0.1) is 12.0 Å². The number of ether oxygens (including phenoxy) is 1. The van der Waals surface area contributed by atoms with Gasteiger partial charge in [-0.3, -0.25) is 0 Å². The van der Waals surface area contributed by atoms with Crippen LogP contribution in [0.25, 0.3) is 0 Å². The van der Waals surface area contributed by atoms with Gasteiger partial charge in [0.2, 0.25) is 0 Å². The highest BCUT2D eigenvalue weighted by Crippen LogP contribution is 2.36. The van der Waals surface area contributed by atoms with Crippen molar-refractivity contribution < 1.29 is 13.2 Å². The minimum Gasteiger partial charge on any atom is -0.497 e. The Kier molecular flexibility index (Phi) is 5.68. The molecule has 3 unspecified atom stereocenters. The average molecular weight is 374 g/mol. The van der Waals surface area contributed by atoms with Gasteiger partial charge in [-0.05, 0) is 67.5 Å². The zero-order chi connectivity index (χ0) is 18.7. The van der Waals surface area contributed by atoms with Crippen molar-refractivity contribution in [2.75, 3.05) is 13.4 Å². The summed E-state index contributed by atoms with van der Waals surface area (Å²) >= 11 is 0. The largest absolute Gasteiger partial charge is 0.497 e. The molecule has 1 aliphatic carbocycles. The zero-order valence-corrected chi connectivity index (χ0v) is 16.4. The van der Waals surface area contributed by atoms with Gasteiger partial charge in [-0.1, -0.05) is 24.3 Å². The van der Waals surface area contributed by atoms with Crippen molar-refractivity contribution in [1.29, 1.82) is 0 Å². The molecule has 1 aliphatic rings. The molecule has 3 atom stereocenters. The van der Waals surface area contributed by atoms with Crippen LogP contribution in [0.3, 0.4) is 0 Å². The summed E-state index contributed by atoms with van der Waals surface area (Å²) in [7, 11) is -1.44. The summed E-state index contributed by atoms with van der Waals surface area (Å²) in [6.45, 7) is 2.18. The van der Waals surface area contributed by atoms with Crippen LogP contribution < -0.4 is 10.1 Å². The Bertz CT molecular complexity index is 846. The van der Waals surface area contributed by atoms with Gasteiger partial charge in [0, 0.05) is 18.3 Å². The predicted molar refractivity (Wildman–Crippen MR) is 104 cm³/mol. The monoisotopic (exact) mass is 373 g/mol. The van der Waals surface area contributed by atoms with E-state index in [0.29, 0.717) is 16.9 Å². The molecule has 0 bridgehead atoms. The fraction of sp³-hybridized carbons (Fsp3) is 0.429. The molecule has 0 heterocycles. The summed E-state index contributed by atoms with van der Waals surface area (Å²) in [5.74, 6) is 1.37. The lowest BCUT2D eigenvalue weighted by Crippen LogP contribution is -2.29. The maximum atomic E-state index is 11.6. The molecule has 5 heteroatoms. The Morgan fingerprint density at radius 2 is 1.85 bits per heavy atom. The van der Waals surface area contributed by atoms with Crippen LogP contribution in [0.15, 0.2) is 53.4 Å². The lowest BCUT2D eigenvalue weighted by atomic mass is 9.97. The standard InChI is InChI=1S/C21H27NO3S/c1-15(17-5-4-6-20(14-17)25-2)22-19-10-7-18(13-19)16-8-11-21(12-9-16)26(3,23)24/h4-6,8-9,11-12,14-15,18-19,22H,7,10,13H2,1-3H3. The Labute approximate surface area is 156 Å². The minimum atomic E-state index is -3.13. The summed E-state index contributed by atoms with van der Waals surface area (Å²) in [5.41, 5.74) is 2.46. The van der Waals surface area contributed by atoms with Gasteiger partial charge in [0.1, 0.15) is 5.75 Å². The molecular formula is C21H27NO3S. The summed E-state index contributed by atoms with van der Waals surface area (Å²) in [4.78, 5) is 0.389. The van der Waals surface area contributed by atoms with E-state index in [9.17, 15) is 8.42 Å². The topological polar surface area (TPSA) is 55.4 Å². The lowest BCUT2D eigenvalue weighted by Gasteiger charge is -2.20. The number of methoxy groups -OCH3 is 1. The SMILES string of the molecule is COc1cccc(C(C)NC2CCC(c3ccc(S(C)(=O)=O)cc3)C2)c1. The fourth-order valence-electron chi connectivity index (χ4n) is 3.78. The third-order valence-corrected chi connectivity index (χ3v) is 6.42. The third kappa shape index (κ3) is 4.46. The van der Waals surface area contributed by atoms with E-state index in [0.717, 1.165) is 25.0 Å². The Balaban J connectivity index is 1.61. The Morgan fingerprint density at radius 3 is 2.50 bits per heavy atom. The Morgan fingerprint density at radius 1 is 1.12 bits per heavy atom. The van der Waals surface area contributed by atoms with E-state index in [1.165, 1.54) is 17.4 Å². The first-order valence-corrected chi connectivity index (χ1v) is 11.0. The summed E-state index contributed by atoms with van der Waals surface area (Å²) in [6.07, 6.45) is 4.58. The maximum Gasteiger partial charge on any atom is 0.175 e. The highest BCUT2D eigenvalue weighted by Gasteiger charge is 2.27. The van der Waals surface area contributed by atoms with Crippen molar-refractivity contribution >= 4 is 9.84 Å². The van der Waals surface area contributed by atoms with E-state index >= 15 is 0 Å². The number of benzene rings is 2. The highest BCUT2D eigenvalue weighted by molar-refractivity contribution is 7.90. The molecule has 0 aliphatic heterocycles. The molecule has 4 nitrogen and oxygen atoms in total. The smallest absolute Gasteiger partial charge is 0.175 e. The Hall–Kier alpha value is -1.85. The van der Waals surface area contributed by atoms with Gasteiger partial charge < -0.3 is 10.1 Å². The molecule has 0 saturated heterocycles. The van der Waals surface area contributed by atoms with Crippen LogP contribution in [-0.4, -0.2) is 27.8 Å². The highest BCUT2D eigenvalue weighted by atomic mass is 32.2. The van der Waals surface area contributed by atoms with Crippen LogP contribution in [0.5, 0.6) is 5.75 Å². The van der Waals surface area contributed by atoms with Crippen LogP contribution in [0.2, 0.25) is 0 Å². The first-order chi connectivity index (χ1) is 12.4. The van der Waals surface area contributed by atoms with Crippen LogP contribution in [0.1, 0.15) is 49.3 Å². The fourth-order valence-corrected chi connectivity index (χ4v) is 4.41. The number of rotatable bonds is 6. The van der Waals surface area contributed by atoms with E-state index in [1.54, 1.807) is 19.2 Å². The van der Waals surface area contributed by atoms with E-state index in [2.05, 4.69) is 24.4 Å². The van der Waals surface area contributed by atoms with Crippen molar-refractivity contribution in [3.8, 4) is 5.75 Å². The summed E-state index contributed by atoms with van der Waals surface area (Å²) in [5, 5.41) is 3.73. The van der Waals surface area contributed by atoms with Gasteiger partial charge in [0.25, 0.3) is 0 Å². The average Bonchev–Trinajstić information content (AvgIpc) is 3.09. The molecule has 2 aromatic carbocycles. The number of nitrogens with one attached hydrogen (secondary N) is 1. The first kappa shape index (κ1) is 18.9. The molecule has 0 amide bonds. The minimum absolute atomic E-state index is 0.265. The molecule has 3 rings (SSSR count). The second kappa shape index (κ2) is 7.80. The van der Waals surface area contributed by atoms with Crippen molar-refractivity contribution in [2.45, 2.75) is 49.1 Å². The van der Waals surface area contributed by atoms with Crippen molar-refractivity contribution in [3.05, 3.63) is 59.7 Å². The number of sulfone groups is 1. The normalized spacial score (nSPS) is 21.5. The molecule has 1 saturated carbocycles. The molecular weight excluding hydrogens is 346 g/mol. The van der Waals surface area contributed by atoms with Gasteiger partial charge >= 0.3 is 0 Å². The summed E-state index contributed by atoms with van der Waals surface area (Å²) < 4.78 is 28.5. The number of hydrogen-bond donors (Lipinski definition) is 1. The van der Waals surface area contributed by atoms with Crippen LogP contribution in [-0.2, 0) is 9.84 Å². The second-order valence-electron chi connectivity index (χ2n) is 7.21. The summed E-state index contributed by atoms with van der Waals surface area (Å²) in [6, 6.07) is 16.3.